The summed E-state index contributed by atoms with van der Waals surface area (Å²) in [6, 6.07) is 9.50. The number of nitrogens with one attached hydrogen (secondary N) is 1. The molecular weight excluding hydrogens is 208 g/mol. The minimum Gasteiger partial charge on any atom is -0.308 e. The van der Waals surface area contributed by atoms with Crippen molar-refractivity contribution >= 4 is 0 Å². The SMILES string of the molecule is CC1CNC(CN2CCCC2)c2ccccc21. The van der Waals surface area contributed by atoms with Crippen LogP contribution in [-0.4, -0.2) is 31.1 Å². The Balaban J connectivity index is 1.79. The highest BCUT2D eigenvalue weighted by Crippen LogP contribution is 2.30. The molecule has 0 aromatic heterocycles. The van der Waals surface area contributed by atoms with Crippen LogP contribution < -0.4 is 5.32 Å². The molecule has 0 aliphatic carbocycles. The Hall–Kier alpha value is -0.860. The fourth-order valence-electron chi connectivity index (χ4n) is 3.20. The molecule has 0 amide bonds. The lowest BCUT2D eigenvalue weighted by Gasteiger charge is -2.33. The molecule has 17 heavy (non-hydrogen) atoms. The van der Waals surface area contributed by atoms with Gasteiger partial charge in [-0.25, -0.2) is 0 Å². The van der Waals surface area contributed by atoms with Gasteiger partial charge in [-0.15, -0.1) is 0 Å². The second-order valence-electron chi connectivity index (χ2n) is 5.50. The van der Waals surface area contributed by atoms with E-state index in [9.17, 15) is 0 Å². The molecule has 0 saturated carbocycles. The van der Waals surface area contributed by atoms with E-state index in [1.165, 1.54) is 38.0 Å². The fourth-order valence-corrected chi connectivity index (χ4v) is 3.20. The highest BCUT2D eigenvalue weighted by Gasteiger charge is 2.26. The third-order valence-corrected chi connectivity index (χ3v) is 4.21. The zero-order chi connectivity index (χ0) is 11.7. The van der Waals surface area contributed by atoms with Crippen LogP contribution in [0.5, 0.6) is 0 Å². The zero-order valence-corrected chi connectivity index (χ0v) is 10.7. The van der Waals surface area contributed by atoms with Crippen molar-refractivity contribution in [2.45, 2.75) is 31.7 Å². The topological polar surface area (TPSA) is 15.3 Å². The Kier molecular flexibility index (Phi) is 3.17. The van der Waals surface area contributed by atoms with Crippen LogP contribution in [-0.2, 0) is 0 Å². The van der Waals surface area contributed by atoms with Gasteiger partial charge in [0.15, 0.2) is 0 Å². The number of fused-ring (bicyclic) bond motifs is 1. The molecule has 1 saturated heterocycles. The highest BCUT2D eigenvalue weighted by atomic mass is 15.2. The molecule has 2 nitrogen and oxygen atoms in total. The van der Waals surface area contributed by atoms with Gasteiger partial charge in [0.05, 0.1) is 0 Å². The van der Waals surface area contributed by atoms with Crippen molar-refractivity contribution in [2.24, 2.45) is 0 Å². The molecule has 2 aliphatic rings. The Morgan fingerprint density at radius 1 is 1.18 bits per heavy atom. The molecule has 92 valence electrons. The van der Waals surface area contributed by atoms with E-state index in [2.05, 4.69) is 41.4 Å². The van der Waals surface area contributed by atoms with E-state index in [1.807, 2.05) is 0 Å². The van der Waals surface area contributed by atoms with Gasteiger partial charge in [0.1, 0.15) is 0 Å². The predicted octanol–water partition coefficient (Wildman–Crippen LogP) is 2.53. The van der Waals surface area contributed by atoms with Crippen LogP contribution in [0, 0.1) is 0 Å². The molecule has 2 heteroatoms. The fraction of sp³-hybridized carbons (Fsp3) is 0.600. The molecule has 0 spiro atoms. The van der Waals surface area contributed by atoms with E-state index in [4.69, 9.17) is 0 Å². The molecular formula is C15H22N2. The molecule has 1 aromatic rings. The molecule has 2 heterocycles. The van der Waals surface area contributed by atoms with E-state index in [1.54, 1.807) is 5.56 Å². The summed E-state index contributed by atoms with van der Waals surface area (Å²) in [4.78, 5) is 2.60. The zero-order valence-electron chi connectivity index (χ0n) is 10.7. The van der Waals surface area contributed by atoms with Crippen LogP contribution in [0.25, 0.3) is 0 Å². The van der Waals surface area contributed by atoms with Gasteiger partial charge >= 0.3 is 0 Å². The van der Waals surface area contributed by atoms with Crippen molar-refractivity contribution in [3.63, 3.8) is 0 Å². The first-order valence-corrected chi connectivity index (χ1v) is 6.89. The number of likely N-dealkylation sites (tertiary alicyclic amines) is 1. The Morgan fingerprint density at radius 2 is 1.88 bits per heavy atom. The molecule has 2 unspecified atom stereocenters. The molecule has 2 atom stereocenters. The van der Waals surface area contributed by atoms with Crippen LogP contribution in [0.2, 0.25) is 0 Å². The van der Waals surface area contributed by atoms with E-state index in [0.717, 1.165) is 6.54 Å². The average Bonchev–Trinajstić information content (AvgIpc) is 2.86. The van der Waals surface area contributed by atoms with E-state index < -0.39 is 0 Å². The second-order valence-corrected chi connectivity index (χ2v) is 5.50. The van der Waals surface area contributed by atoms with Crippen molar-refractivity contribution in [2.75, 3.05) is 26.2 Å². The third kappa shape index (κ3) is 2.24. The standard InChI is InChI=1S/C15H22N2/c1-12-10-16-15(11-17-8-4-5-9-17)14-7-3-2-6-13(12)14/h2-3,6-7,12,15-16H,4-5,8-11H2,1H3. The van der Waals surface area contributed by atoms with E-state index >= 15 is 0 Å². The summed E-state index contributed by atoms with van der Waals surface area (Å²) < 4.78 is 0. The number of rotatable bonds is 2. The van der Waals surface area contributed by atoms with Crippen LogP contribution in [0.4, 0.5) is 0 Å². The van der Waals surface area contributed by atoms with Crippen LogP contribution >= 0.6 is 0 Å². The summed E-state index contributed by atoms with van der Waals surface area (Å²) in [7, 11) is 0. The summed E-state index contributed by atoms with van der Waals surface area (Å²) in [6.45, 7) is 7.20. The van der Waals surface area contributed by atoms with Gasteiger partial charge in [-0.3, -0.25) is 0 Å². The molecule has 0 bridgehead atoms. The number of hydrogen-bond donors (Lipinski definition) is 1. The maximum absolute atomic E-state index is 3.71. The largest absolute Gasteiger partial charge is 0.308 e. The first-order chi connectivity index (χ1) is 8.34. The lowest BCUT2D eigenvalue weighted by Crippen LogP contribution is -2.39. The summed E-state index contributed by atoms with van der Waals surface area (Å²) in [5, 5.41) is 3.71. The smallest absolute Gasteiger partial charge is 0.0452 e. The Morgan fingerprint density at radius 3 is 2.65 bits per heavy atom. The van der Waals surface area contributed by atoms with Gasteiger partial charge in [0.2, 0.25) is 0 Å². The van der Waals surface area contributed by atoms with E-state index in [0.29, 0.717) is 12.0 Å². The van der Waals surface area contributed by atoms with Crippen molar-refractivity contribution in [3.8, 4) is 0 Å². The molecule has 2 aliphatic heterocycles. The van der Waals surface area contributed by atoms with E-state index in [-0.39, 0.29) is 0 Å². The lowest BCUT2D eigenvalue weighted by atomic mass is 9.87. The lowest BCUT2D eigenvalue weighted by molar-refractivity contribution is 0.283. The van der Waals surface area contributed by atoms with Crippen LogP contribution in [0.1, 0.15) is 42.9 Å². The average molecular weight is 230 g/mol. The van der Waals surface area contributed by atoms with Gasteiger partial charge in [0, 0.05) is 19.1 Å². The minimum atomic E-state index is 0.542. The third-order valence-electron chi connectivity index (χ3n) is 4.21. The number of hydrogen-bond acceptors (Lipinski definition) is 2. The number of nitrogens with zero attached hydrogens (tertiary/aromatic N) is 1. The molecule has 1 aromatic carbocycles. The summed E-state index contributed by atoms with van der Waals surface area (Å²) in [6.07, 6.45) is 2.76. The monoisotopic (exact) mass is 230 g/mol. The van der Waals surface area contributed by atoms with Gasteiger partial charge in [0.25, 0.3) is 0 Å². The van der Waals surface area contributed by atoms with Gasteiger partial charge < -0.3 is 10.2 Å². The van der Waals surface area contributed by atoms with Crippen molar-refractivity contribution in [1.82, 2.24) is 10.2 Å². The highest BCUT2D eigenvalue weighted by molar-refractivity contribution is 5.35. The number of benzene rings is 1. The molecule has 3 rings (SSSR count). The first-order valence-electron chi connectivity index (χ1n) is 6.89. The van der Waals surface area contributed by atoms with Crippen molar-refractivity contribution in [3.05, 3.63) is 35.4 Å². The van der Waals surface area contributed by atoms with Crippen LogP contribution in [0.15, 0.2) is 24.3 Å². The van der Waals surface area contributed by atoms with Crippen molar-refractivity contribution < 1.29 is 0 Å². The Bertz CT molecular complexity index is 382. The summed E-state index contributed by atoms with van der Waals surface area (Å²) in [5.41, 5.74) is 3.08. The predicted molar refractivity (Wildman–Crippen MR) is 71.3 cm³/mol. The summed E-state index contributed by atoms with van der Waals surface area (Å²) in [5.74, 6) is 0.654. The van der Waals surface area contributed by atoms with Gasteiger partial charge in [-0.1, -0.05) is 31.2 Å². The molecule has 1 fully saturated rings. The maximum atomic E-state index is 3.71. The molecule has 0 radical (unpaired) electrons. The Labute approximate surface area is 104 Å². The second kappa shape index (κ2) is 4.79. The minimum absolute atomic E-state index is 0.542. The van der Waals surface area contributed by atoms with Crippen LogP contribution in [0.3, 0.4) is 0 Å². The molecule has 1 N–H and O–H groups in total. The van der Waals surface area contributed by atoms with Gasteiger partial charge in [-0.2, -0.15) is 0 Å². The summed E-state index contributed by atoms with van der Waals surface area (Å²) >= 11 is 0. The van der Waals surface area contributed by atoms with Gasteiger partial charge in [-0.05, 0) is 43.0 Å². The quantitative estimate of drug-likeness (QED) is 0.840. The first kappa shape index (κ1) is 11.2. The normalized spacial score (nSPS) is 29.2. The maximum Gasteiger partial charge on any atom is 0.0452 e. The van der Waals surface area contributed by atoms with Crippen molar-refractivity contribution in [1.29, 1.82) is 0 Å².